The van der Waals surface area contributed by atoms with Gasteiger partial charge in [0.15, 0.2) is 5.60 Å². The summed E-state index contributed by atoms with van der Waals surface area (Å²) < 4.78 is 56.5. The van der Waals surface area contributed by atoms with E-state index in [0.29, 0.717) is 6.07 Å². The number of thiazole rings is 1. The Bertz CT molecular complexity index is 1160. The summed E-state index contributed by atoms with van der Waals surface area (Å²) in [5.41, 5.74) is -2.10. The van der Waals surface area contributed by atoms with Crippen molar-refractivity contribution in [1.82, 2.24) is 19.7 Å². The first-order valence-electron chi connectivity index (χ1n) is 8.28. The van der Waals surface area contributed by atoms with E-state index in [1.165, 1.54) is 28.8 Å². The van der Waals surface area contributed by atoms with E-state index < -0.39 is 28.9 Å². The third-order valence-electron chi connectivity index (χ3n) is 4.30. The lowest BCUT2D eigenvalue weighted by atomic mass is 9.93. The van der Waals surface area contributed by atoms with E-state index in [1.807, 2.05) is 0 Å². The number of aromatic nitrogens is 4. The van der Waals surface area contributed by atoms with E-state index in [-0.39, 0.29) is 28.4 Å². The normalized spacial score (nSPS) is 13.4. The van der Waals surface area contributed by atoms with Crippen LogP contribution >= 0.6 is 11.3 Å². The molecule has 0 spiro atoms. The minimum atomic E-state index is -2.04. The van der Waals surface area contributed by atoms with E-state index >= 15 is 0 Å². The smallest absolute Gasteiger partial charge is 0.163 e. The van der Waals surface area contributed by atoms with Gasteiger partial charge in [-0.1, -0.05) is 0 Å². The summed E-state index contributed by atoms with van der Waals surface area (Å²) in [4.78, 5) is 8.04. The van der Waals surface area contributed by atoms with Crippen LogP contribution in [0.1, 0.15) is 10.6 Å². The van der Waals surface area contributed by atoms with Crippen molar-refractivity contribution in [2.45, 2.75) is 12.1 Å². The van der Waals surface area contributed by atoms with Crippen LogP contribution in [0, 0.1) is 23.3 Å². The molecule has 148 valence electrons. The molecule has 29 heavy (non-hydrogen) atoms. The number of hydrogen-bond acceptors (Lipinski definition) is 5. The lowest BCUT2D eigenvalue weighted by molar-refractivity contribution is 0.0533. The average molecular weight is 420 g/mol. The fourth-order valence-corrected chi connectivity index (χ4v) is 3.85. The summed E-state index contributed by atoms with van der Waals surface area (Å²) in [5, 5.41) is 16.8. The van der Waals surface area contributed by atoms with Gasteiger partial charge >= 0.3 is 0 Å². The van der Waals surface area contributed by atoms with Gasteiger partial charge in [-0.25, -0.2) is 32.2 Å². The Morgan fingerprint density at radius 2 is 1.72 bits per heavy atom. The molecule has 1 N–H and O–H groups in total. The third kappa shape index (κ3) is 3.64. The summed E-state index contributed by atoms with van der Waals surface area (Å²) in [7, 11) is 0. The van der Waals surface area contributed by atoms with Gasteiger partial charge in [0, 0.05) is 28.6 Å². The monoisotopic (exact) mass is 420 g/mol. The summed E-state index contributed by atoms with van der Waals surface area (Å²) >= 11 is 0.950. The first kappa shape index (κ1) is 19.2. The number of rotatable bonds is 5. The number of hydrogen-bond donors (Lipinski definition) is 1. The van der Waals surface area contributed by atoms with Gasteiger partial charge in [-0.15, -0.1) is 11.3 Å². The van der Waals surface area contributed by atoms with Crippen LogP contribution in [-0.4, -0.2) is 24.9 Å². The first-order valence-corrected chi connectivity index (χ1v) is 9.16. The van der Waals surface area contributed by atoms with E-state index in [0.717, 1.165) is 35.6 Å². The molecular weight excluding hydrogens is 408 g/mol. The Labute approximate surface area is 165 Å². The second kappa shape index (κ2) is 7.37. The molecule has 2 aromatic heterocycles. The maximum Gasteiger partial charge on any atom is 0.163 e. The highest BCUT2D eigenvalue weighted by molar-refractivity contribution is 7.10. The lowest BCUT2D eigenvalue weighted by Crippen LogP contribution is -2.34. The first-order chi connectivity index (χ1) is 13.9. The van der Waals surface area contributed by atoms with Crippen LogP contribution in [0.2, 0.25) is 0 Å². The molecule has 0 radical (unpaired) electrons. The molecule has 0 aliphatic carbocycles. The van der Waals surface area contributed by atoms with E-state index in [4.69, 9.17) is 0 Å². The fourth-order valence-electron chi connectivity index (χ4n) is 2.93. The largest absolute Gasteiger partial charge is 0.376 e. The average Bonchev–Trinajstić information content (AvgIpc) is 3.33. The molecule has 0 amide bonds. The third-order valence-corrected chi connectivity index (χ3v) is 5.29. The second-order valence-electron chi connectivity index (χ2n) is 6.24. The number of aliphatic hydroxyl groups is 1. The summed E-state index contributed by atoms with van der Waals surface area (Å²) in [6.07, 6.45) is 2.56. The van der Waals surface area contributed by atoms with Crippen LogP contribution in [0.15, 0.2) is 54.4 Å². The zero-order valence-electron chi connectivity index (χ0n) is 14.6. The van der Waals surface area contributed by atoms with Gasteiger partial charge in [-0.2, -0.15) is 5.10 Å². The molecule has 5 nitrogen and oxygen atoms in total. The van der Waals surface area contributed by atoms with Crippen molar-refractivity contribution >= 4 is 11.3 Å². The predicted octanol–water partition coefficient (Wildman–Crippen LogP) is 3.89. The van der Waals surface area contributed by atoms with Crippen molar-refractivity contribution in [3.8, 4) is 11.3 Å². The maximum atomic E-state index is 14.5. The minimum absolute atomic E-state index is 0.0246. The van der Waals surface area contributed by atoms with Crippen LogP contribution < -0.4 is 0 Å². The number of nitrogens with zero attached hydrogens (tertiary/aromatic N) is 4. The molecule has 4 rings (SSSR count). The fraction of sp³-hybridized carbons (Fsp3) is 0.105. The molecule has 0 bridgehead atoms. The topological polar surface area (TPSA) is 63.8 Å². The van der Waals surface area contributed by atoms with Crippen molar-refractivity contribution in [2.24, 2.45) is 0 Å². The molecule has 0 saturated carbocycles. The van der Waals surface area contributed by atoms with Gasteiger partial charge in [0.05, 0.1) is 12.2 Å². The molecule has 2 aromatic carbocycles. The second-order valence-corrected chi connectivity index (χ2v) is 7.10. The van der Waals surface area contributed by atoms with Gasteiger partial charge in [0.25, 0.3) is 0 Å². The minimum Gasteiger partial charge on any atom is -0.376 e. The highest BCUT2D eigenvalue weighted by Gasteiger charge is 2.38. The molecule has 0 saturated heterocycles. The van der Waals surface area contributed by atoms with Crippen molar-refractivity contribution < 1.29 is 22.7 Å². The Morgan fingerprint density at radius 1 is 1.00 bits per heavy atom. The molecule has 4 aromatic rings. The van der Waals surface area contributed by atoms with Gasteiger partial charge < -0.3 is 5.11 Å². The van der Waals surface area contributed by atoms with E-state index in [9.17, 15) is 22.7 Å². The van der Waals surface area contributed by atoms with Crippen molar-refractivity contribution in [3.05, 3.63) is 88.3 Å². The summed E-state index contributed by atoms with van der Waals surface area (Å²) in [6.45, 7) is -0.269. The molecular formula is C19H12F4N4OS. The van der Waals surface area contributed by atoms with E-state index in [1.54, 1.807) is 0 Å². The zero-order valence-corrected chi connectivity index (χ0v) is 15.4. The Morgan fingerprint density at radius 3 is 2.38 bits per heavy atom. The van der Waals surface area contributed by atoms with Crippen LogP contribution in [0.5, 0.6) is 0 Å². The highest BCUT2D eigenvalue weighted by Crippen LogP contribution is 2.37. The SMILES string of the molecule is O[C@](Cn1cncn1)(c1nc(-c2ccc(F)cc2F)cs1)c1ccc(F)cc1F. The Balaban J connectivity index is 1.82. The van der Waals surface area contributed by atoms with Crippen LogP contribution in [0.4, 0.5) is 17.6 Å². The maximum absolute atomic E-state index is 14.5. The van der Waals surface area contributed by atoms with Crippen molar-refractivity contribution in [1.29, 1.82) is 0 Å². The Hall–Kier alpha value is -3.11. The summed E-state index contributed by atoms with van der Waals surface area (Å²) in [5.74, 6) is -3.34. The van der Waals surface area contributed by atoms with Gasteiger partial charge in [-0.3, -0.25) is 0 Å². The van der Waals surface area contributed by atoms with Gasteiger partial charge in [-0.05, 0) is 24.3 Å². The quantitative estimate of drug-likeness (QED) is 0.498. The van der Waals surface area contributed by atoms with Crippen LogP contribution in [0.25, 0.3) is 11.3 Å². The van der Waals surface area contributed by atoms with Crippen molar-refractivity contribution in [2.75, 3.05) is 0 Å². The molecule has 0 aliphatic heterocycles. The molecule has 2 heterocycles. The number of benzene rings is 2. The standard InChI is InChI=1S/C19H12F4N4OS/c20-11-1-3-13(15(22)5-11)17-7-29-18(26-17)19(28,8-27-10-24-9-25-27)14-4-2-12(21)6-16(14)23/h1-7,9-10,28H,8H2/t19-/m0/s1. The molecule has 1 atom stereocenters. The number of halogens is 4. The summed E-state index contributed by atoms with van der Waals surface area (Å²) in [6, 6.07) is 5.79. The predicted molar refractivity (Wildman–Crippen MR) is 96.8 cm³/mol. The van der Waals surface area contributed by atoms with Gasteiger partial charge in [0.2, 0.25) is 0 Å². The lowest BCUT2D eigenvalue weighted by Gasteiger charge is -2.26. The van der Waals surface area contributed by atoms with Crippen LogP contribution in [-0.2, 0) is 12.1 Å². The van der Waals surface area contributed by atoms with E-state index in [2.05, 4.69) is 15.1 Å². The molecule has 10 heteroatoms. The van der Waals surface area contributed by atoms with Crippen LogP contribution in [0.3, 0.4) is 0 Å². The molecule has 0 unspecified atom stereocenters. The van der Waals surface area contributed by atoms with Crippen molar-refractivity contribution in [3.63, 3.8) is 0 Å². The Kier molecular flexibility index (Phi) is 4.89. The zero-order chi connectivity index (χ0) is 20.6. The van der Waals surface area contributed by atoms with Gasteiger partial charge in [0.1, 0.15) is 40.9 Å². The molecule has 0 fully saturated rings. The molecule has 0 aliphatic rings. The highest BCUT2D eigenvalue weighted by atomic mass is 32.1.